The second-order valence-corrected chi connectivity index (χ2v) is 3.92. The zero-order valence-corrected chi connectivity index (χ0v) is 10.5. The van der Waals surface area contributed by atoms with Gasteiger partial charge in [0.2, 0.25) is 0 Å². The van der Waals surface area contributed by atoms with E-state index in [4.69, 9.17) is 4.84 Å². The van der Waals surface area contributed by atoms with Gasteiger partial charge in [0.15, 0.2) is 0 Å². The number of alkyl halides is 4. The van der Waals surface area contributed by atoms with Crippen LogP contribution in [0.25, 0.3) is 0 Å². The number of oxime groups is 1. The molecule has 0 saturated heterocycles. The van der Waals surface area contributed by atoms with Crippen molar-refractivity contribution in [1.82, 2.24) is 4.98 Å². The Morgan fingerprint density at radius 2 is 2.18 bits per heavy atom. The SMILES string of the molecule is C/C(=N\OCCBr)c1ccc(C(F)(F)F)nc1. The van der Waals surface area contributed by atoms with Crippen LogP contribution in [-0.2, 0) is 11.0 Å². The van der Waals surface area contributed by atoms with Gasteiger partial charge in [0.25, 0.3) is 0 Å². The van der Waals surface area contributed by atoms with E-state index in [-0.39, 0.29) is 0 Å². The summed E-state index contributed by atoms with van der Waals surface area (Å²) >= 11 is 3.16. The van der Waals surface area contributed by atoms with Gasteiger partial charge in [-0.25, -0.2) is 0 Å². The van der Waals surface area contributed by atoms with Crippen LogP contribution in [0.4, 0.5) is 13.2 Å². The first-order chi connectivity index (χ1) is 7.95. The minimum Gasteiger partial charge on any atom is -0.395 e. The Labute approximate surface area is 105 Å². The molecule has 0 fully saturated rings. The molecule has 3 nitrogen and oxygen atoms in total. The summed E-state index contributed by atoms with van der Waals surface area (Å²) in [5.74, 6) is 0. The van der Waals surface area contributed by atoms with Crippen molar-refractivity contribution in [2.45, 2.75) is 13.1 Å². The van der Waals surface area contributed by atoms with E-state index in [0.29, 0.717) is 23.2 Å². The van der Waals surface area contributed by atoms with Crippen molar-refractivity contribution < 1.29 is 18.0 Å². The molecule has 0 aliphatic carbocycles. The summed E-state index contributed by atoms with van der Waals surface area (Å²) in [5, 5.41) is 4.38. The molecule has 17 heavy (non-hydrogen) atoms. The molecular weight excluding hydrogens is 301 g/mol. The van der Waals surface area contributed by atoms with Crippen LogP contribution in [0.15, 0.2) is 23.5 Å². The molecule has 7 heteroatoms. The van der Waals surface area contributed by atoms with E-state index in [2.05, 4.69) is 26.1 Å². The summed E-state index contributed by atoms with van der Waals surface area (Å²) in [4.78, 5) is 8.22. The zero-order chi connectivity index (χ0) is 12.9. The van der Waals surface area contributed by atoms with Crippen molar-refractivity contribution in [1.29, 1.82) is 0 Å². The molecule has 1 heterocycles. The standard InChI is InChI=1S/C10H10BrF3N2O/c1-7(16-17-5-4-11)8-2-3-9(15-6-8)10(12,13)14/h2-3,6H,4-5H2,1H3/b16-7+. The number of aromatic nitrogens is 1. The highest BCUT2D eigenvalue weighted by Gasteiger charge is 2.32. The molecule has 1 rings (SSSR count). The smallest absolute Gasteiger partial charge is 0.395 e. The normalized spacial score (nSPS) is 12.6. The van der Waals surface area contributed by atoms with Crippen LogP contribution in [0.5, 0.6) is 0 Å². The predicted molar refractivity (Wildman–Crippen MR) is 61.2 cm³/mol. The minimum atomic E-state index is -4.42. The van der Waals surface area contributed by atoms with Gasteiger partial charge in [-0.1, -0.05) is 21.1 Å². The van der Waals surface area contributed by atoms with Crippen LogP contribution >= 0.6 is 15.9 Å². The van der Waals surface area contributed by atoms with Crippen molar-refractivity contribution in [3.05, 3.63) is 29.6 Å². The first kappa shape index (κ1) is 14.0. The summed E-state index contributed by atoms with van der Waals surface area (Å²) in [6.45, 7) is 2.03. The number of nitrogens with zero attached hydrogens (tertiary/aromatic N) is 2. The van der Waals surface area contributed by atoms with Crippen LogP contribution in [0, 0.1) is 0 Å². The molecule has 0 aromatic carbocycles. The maximum atomic E-state index is 12.2. The van der Waals surface area contributed by atoms with Crippen molar-refractivity contribution >= 4 is 21.6 Å². The topological polar surface area (TPSA) is 34.5 Å². The third kappa shape index (κ3) is 4.33. The largest absolute Gasteiger partial charge is 0.433 e. The fraction of sp³-hybridized carbons (Fsp3) is 0.400. The number of pyridine rings is 1. The van der Waals surface area contributed by atoms with Crippen LogP contribution in [-0.4, -0.2) is 22.6 Å². The maximum Gasteiger partial charge on any atom is 0.433 e. The number of hydrogen-bond donors (Lipinski definition) is 0. The average Bonchev–Trinajstić information content (AvgIpc) is 2.28. The number of rotatable bonds is 4. The minimum absolute atomic E-state index is 0.394. The van der Waals surface area contributed by atoms with E-state index in [1.165, 1.54) is 6.07 Å². The molecular formula is C10H10BrF3N2O. The summed E-state index contributed by atoms with van der Waals surface area (Å²) in [6.07, 6.45) is -3.30. The van der Waals surface area contributed by atoms with Crippen molar-refractivity contribution in [3.8, 4) is 0 Å². The monoisotopic (exact) mass is 310 g/mol. The molecule has 0 saturated carbocycles. The Kier molecular flexibility index (Phi) is 4.92. The number of hydrogen-bond acceptors (Lipinski definition) is 3. The van der Waals surface area contributed by atoms with Gasteiger partial charge in [0.1, 0.15) is 12.3 Å². The molecule has 94 valence electrons. The van der Waals surface area contributed by atoms with Gasteiger partial charge in [-0.3, -0.25) is 4.98 Å². The van der Waals surface area contributed by atoms with Crippen LogP contribution in [0.3, 0.4) is 0 Å². The Bertz CT molecular complexity index is 390. The summed E-state index contributed by atoms with van der Waals surface area (Å²) in [6, 6.07) is 2.23. The predicted octanol–water partition coefficient (Wildman–Crippen LogP) is 3.24. The van der Waals surface area contributed by atoms with E-state index in [0.717, 1.165) is 12.3 Å². The molecule has 0 N–H and O–H groups in total. The Morgan fingerprint density at radius 3 is 2.65 bits per heavy atom. The van der Waals surface area contributed by atoms with Crippen LogP contribution < -0.4 is 0 Å². The molecule has 0 bridgehead atoms. The van der Waals surface area contributed by atoms with E-state index in [1.54, 1.807) is 6.92 Å². The highest BCUT2D eigenvalue weighted by Crippen LogP contribution is 2.27. The summed E-state index contributed by atoms with van der Waals surface area (Å²) in [5.41, 5.74) is 0.0511. The Morgan fingerprint density at radius 1 is 1.47 bits per heavy atom. The molecule has 0 unspecified atom stereocenters. The van der Waals surface area contributed by atoms with Crippen LogP contribution in [0.1, 0.15) is 18.2 Å². The lowest BCUT2D eigenvalue weighted by Crippen LogP contribution is -2.08. The molecule has 0 aliphatic heterocycles. The molecule has 0 radical (unpaired) electrons. The van der Waals surface area contributed by atoms with Crippen molar-refractivity contribution in [2.24, 2.45) is 5.16 Å². The van der Waals surface area contributed by atoms with Gasteiger partial charge in [-0.15, -0.1) is 0 Å². The molecule has 0 atom stereocenters. The van der Waals surface area contributed by atoms with E-state index < -0.39 is 11.9 Å². The van der Waals surface area contributed by atoms with Crippen LogP contribution in [0.2, 0.25) is 0 Å². The van der Waals surface area contributed by atoms with Gasteiger partial charge in [-0.2, -0.15) is 13.2 Å². The third-order valence-corrected chi connectivity index (χ3v) is 2.17. The summed E-state index contributed by atoms with van der Waals surface area (Å²) in [7, 11) is 0. The molecule has 0 spiro atoms. The summed E-state index contributed by atoms with van der Waals surface area (Å²) < 4.78 is 36.7. The number of halogens is 4. The lowest BCUT2D eigenvalue weighted by atomic mass is 10.2. The van der Waals surface area contributed by atoms with Gasteiger partial charge in [0, 0.05) is 17.1 Å². The first-order valence-electron chi connectivity index (χ1n) is 4.71. The van der Waals surface area contributed by atoms with Crippen molar-refractivity contribution in [3.63, 3.8) is 0 Å². The Hall–Kier alpha value is -1.11. The van der Waals surface area contributed by atoms with Gasteiger partial charge >= 0.3 is 6.18 Å². The second kappa shape index (κ2) is 6.00. The average molecular weight is 311 g/mol. The molecule has 0 amide bonds. The van der Waals surface area contributed by atoms with Gasteiger partial charge in [-0.05, 0) is 19.1 Å². The van der Waals surface area contributed by atoms with Gasteiger partial charge < -0.3 is 4.84 Å². The quantitative estimate of drug-likeness (QED) is 0.370. The van der Waals surface area contributed by atoms with Crippen molar-refractivity contribution in [2.75, 3.05) is 11.9 Å². The molecule has 1 aromatic rings. The zero-order valence-electron chi connectivity index (χ0n) is 8.96. The lowest BCUT2D eigenvalue weighted by Gasteiger charge is -2.06. The lowest BCUT2D eigenvalue weighted by molar-refractivity contribution is -0.141. The fourth-order valence-electron chi connectivity index (χ4n) is 1.01. The highest BCUT2D eigenvalue weighted by molar-refractivity contribution is 9.09. The maximum absolute atomic E-state index is 12.2. The fourth-order valence-corrected chi connectivity index (χ4v) is 1.15. The van der Waals surface area contributed by atoms with E-state index in [1.807, 2.05) is 0 Å². The molecule has 0 aliphatic rings. The Balaban J connectivity index is 2.77. The van der Waals surface area contributed by atoms with E-state index in [9.17, 15) is 13.2 Å². The highest BCUT2D eigenvalue weighted by atomic mass is 79.9. The third-order valence-electron chi connectivity index (χ3n) is 1.84. The first-order valence-corrected chi connectivity index (χ1v) is 5.83. The molecule has 1 aromatic heterocycles. The van der Waals surface area contributed by atoms with Gasteiger partial charge in [0.05, 0.1) is 5.71 Å². The second-order valence-electron chi connectivity index (χ2n) is 3.13. The van der Waals surface area contributed by atoms with E-state index >= 15 is 0 Å².